The number of nitriles is 1. The van der Waals surface area contributed by atoms with Crippen molar-refractivity contribution in [2.75, 3.05) is 50.7 Å². The standard InChI is InChI=1S/C29H32N4O3/c30-19-23-6-8-24(9-7-23)21-36-28(25-4-3-5-27(18-25)32-11-1-2-12-32)20-31-13-15-33(16-14-31)29(34)26-10-17-35-22-26/h3-10,17-18,22,28H,1-2,11-16,20-21H2. The van der Waals surface area contributed by atoms with E-state index in [0.29, 0.717) is 30.8 Å². The molecule has 2 fully saturated rings. The van der Waals surface area contributed by atoms with E-state index in [0.717, 1.165) is 38.3 Å². The number of piperazine rings is 1. The molecule has 0 radical (unpaired) electrons. The van der Waals surface area contributed by atoms with Crippen LogP contribution in [-0.2, 0) is 11.3 Å². The number of anilines is 1. The van der Waals surface area contributed by atoms with Crippen molar-refractivity contribution in [2.45, 2.75) is 25.6 Å². The maximum absolute atomic E-state index is 12.7. The van der Waals surface area contributed by atoms with Crippen molar-refractivity contribution < 1.29 is 13.9 Å². The summed E-state index contributed by atoms with van der Waals surface area (Å²) >= 11 is 0. The number of benzene rings is 2. The molecule has 5 rings (SSSR count). The molecule has 0 spiro atoms. The number of furan rings is 1. The van der Waals surface area contributed by atoms with E-state index in [9.17, 15) is 4.79 Å². The lowest BCUT2D eigenvalue weighted by atomic mass is 10.1. The van der Waals surface area contributed by atoms with E-state index in [1.165, 1.54) is 36.6 Å². The molecule has 0 bridgehead atoms. The second-order valence-corrected chi connectivity index (χ2v) is 9.50. The van der Waals surface area contributed by atoms with Gasteiger partial charge in [-0.15, -0.1) is 0 Å². The van der Waals surface area contributed by atoms with Crippen LogP contribution in [0.4, 0.5) is 5.69 Å². The van der Waals surface area contributed by atoms with Gasteiger partial charge < -0.3 is 19.0 Å². The lowest BCUT2D eigenvalue weighted by molar-refractivity contribution is 0.00343. The molecule has 2 saturated heterocycles. The van der Waals surface area contributed by atoms with E-state index in [1.807, 2.05) is 29.2 Å². The van der Waals surface area contributed by atoms with Crippen molar-refractivity contribution in [1.82, 2.24) is 9.80 Å². The van der Waals surface area contributed by atoms with E-state index in [-0.39, 0.29) is 12.0 Å². The lowest BCUT2D eigenvalue weighted by Crippen LogP contribution is -2.49. The Labute approximate surface area is 212 Å². The average molecular weight is 485 g/mol. The summed E-state index contributed by atoms with van der Waals surface area (Å²) in [7, 11) is 0. The molecule has 7 nitrogen and oxygen atoms in total. The number of nitrogens with zero attached hydrogens (tertiary/aromatic N) is 4. The van der Waals surface area contributed by atoms with E-state index in [4.69, 9.17) is 14.4 Å². The first-order chi connectivity index (χ1) is 17.7. The van der Waals surface area contributed by atoms with E-state index < -0.39 is 0 Å². The highest BCUT2D eigenvalue weighted by Gasteiger charge is 2.26. The molecule has 2 aliphatic rings. The van der Waals surface area contributed by atoms with Crippen molar-refractivity contribution >= 4 is 11.6 Å². The molecule has 186 valence electrons. The minimum atomic E-state index is -0.0979. The highest BCUT2D eigenvalue weighted by molar-refractivity contribution is 5.93. The zero-order chi connectivity index (χ0) is 24.7. The molecule has 1 unspecified atom stereocenters. The van der Waals surface area contributed by atoms with Gasteiger partial charge in [-0.3, -0.25) is 9.69 Å². The van der Waals surface area contributed by atoms with Gasteiger partial charge in [0, 0.05) is 51.5 Å². The highest BCUT2D eigenvalue weighted by atomic mass is 16.5. The molecule has 1 aromatic heterocycles. The van der Waals surface area contributed by atoms with Crippen LogP contribution in [0.2, 0.25) is 0 Å². The minimum absolute atomic E-state index is 0.0235. The van der Waals surface area contributed by atoms with Crippen LogP contribution in [0.15, 0.2) is 71.5 Å². The molecule has 0 aliphatic carbocycles. The Bertz CT molecular complexity index is 1170. The van der Waals surface area contributed by atoms with Crippen LogP contribution < -0.4 is 4.90 Å². The van der Waals surface area contributed by atoms with Gasteiger partial charge in [0.2, 0.25) is 0 Å². The number of carbonyl (C=O) groups is 1. The average Bonchev–Trinajstić information content (AvgIpc) is 3.67. The smallest absolute Gasteiger partial charge is 0.257 e. The largest absolute Gasteiger partial charge is 0.472 e. The molecular formula is C29H32N4O3. The van der Waals surface area contributed by atoms with Gasteiger partial charge in [-0.2, -0.15) is 5.26 Å². The molecular weight excluding hydrogens is 452 g/mol. The Hall–Kier alpha value is -3.60. The molecule has 1 atom stereocenters. The number of ether oxygens (including phenoxy) is 1. The SMILES string of the molecule is N#Cc1ccc(COC(CN2CCN(C(=O)c3ccoc3)CC2)c2cccc(N3CCCC3)c2)cc1. The maximum Gasteiger partial charge on any atom is 0.257 e. The summed E-state index contributed by atoms with van der Waals surface area (Å²) in [5.74, 6) is 0.0235. The van der Waals surface area contributed by atoms with Crippen LogP contribution in [0, 0.1) is 11.3 Å². The van der Waals surface area contributed by atoms with Crippen molar-refractivity contribution in [3.05, 3.63) is 89.4 Å². The van der Waals surface area contributed by atoms with Gasteiger partial charge in [-0.05, 0) is 54.3 Å². The fourth-order valence-electron chi connectivity index (χ4n) is 4.96. The Morgan fingerprint density at radius 1 is 1.00 bits per heavy atom. The Kier molecular flexibility index (Phi) is 7.65. The molecule has 0 N–H and O–H groups in total. The Morgan fingerprint density at radius 2 is 1.78 bits per heavy atom. The first-order valence-corrected chi connectivity index (χ1v) is 12.7. The second kappa shape index (κ2) is 11.4. The Morgan fingerprint density at radius 3 is 2.47 bits per heavy atom. The van der Waals surface area contributed by atoms with Crippen LogP contribution in [0.3, 0.4) is 0 Å². The van der Waals surface area contributed by atoms with E-state index in [2.05, 4.69) is 40.1 Å². The third kappa shape index (κ3) is 5.78. The number of amides is 1. The quantitative estimate of drug-likeness (QED) is 0.470. The van der Waals surface area contributed by atoms with Gasteiger partial charge in [0.05, 0.1) is 36.2 Å². The van der Waals surface area contributed by atoms with Crippen molar-refractivity contribution in [2.24, 2.45) is 0 Å². The molecule has 7 heteroatoms. The topological polar surface area (TPSA) is 73.0 Å². The Balaban J connectivity index is 1.27. The van der Waals surface area contributed by atoms with Crippen LogP contribution in [0.1, 0.15) is 46.0 Å². The first kappa shape index (κ1) is 24.1. The zero-order valence-corrected chi connectivity index (χ0v) is 20.5. The molecule has 0 saturated carbocycles. The van der Waals surface area contributed by atoms with Crippen LogP contribution in [0.25, 0.3) is 0 Å². The minimum Gasteiger partial charge on any atom is -0.472 e. The van der Waals surface area contributed by atoms with Crippen molar-refractivity contribution in [3.8, 4) is 6.07 Å². The zero-order valence-electron chi connectivity index (χ0n) is 20.5. The summed E-state index contributed by atoms with van der Waals surface area (Å²) in [5.41, 5.74) is 4.73. The summed E-state index contributed by atoms with van der Waals surface area (Å²) < 4.78 is 11.6. The third-order valence-corrected chi connectivity index (χ3v) is 7.10. The molecule has 2 aromatic carbocycles. The van der Waals surface area contributed by atoms with Gasteiger partial charge in [-0.25, -0.2) is 0 Å². The van der Waals surface area contributed by atoms with Gasteiger partial charge >= 0.3 is 0 Å². The number of rotatable bonds is 8. The number of hydrogen-bond donors (Lipinski definition) is 0. The van der Waals surface area contributed by atoms with Gasteiger partial charge in [0.25, 0.3) is 5.91 Å². The third-order valence-electron chi connectivity index (χ3n) is 7.10. The number of hydrogen-bond acceptors (Lipinski definition) is 6. The van der Waals surface area contributed by atoms with Gasteiger partial charge in [0.15, 0.2) is 0 Å². The van der Waals surface area contributed by atoms with Crippen LogP contribution >= 0.6 is 0 Å². The fourth-order valence-corrected chi connectivity index (χ4v) is 4.96. The summed E-state index contributed by atoms with van der Waals surface area (Å²) in [6.07, 6.45) is 5.43. The molecule has 36 heavy (non-hydrogen) atoms. The predicted molar refractivity (Wildman–Crippen MR) is 138 cm³/mol. The normalized spacial score (nSPS) is 17.2. The summed E-state index contributed by atoms with van der Waals surface area (Å²) in [6, 6.07) is 20.2. The van der Waals surface area contributed by atoms with Crippen molar-refractivity contribution in [3.63, 3.8) is 0 Å². The van der Waals surface area contributed by atoms with Gasteiger partial charge in [0.1, 0.15) is 6.26 Å². The van der Waals surface area contributed by atoms with Crippen molar-refractivity contribution in [1.29, 1.82) is 5.26 Å². The van der Waals surface area contributed by atoms with Crippen LogP contribution in [-0.4, -0.2) is 61.5 Å². The second-order valence-electron chi connectivity index (χ2n) is 9.50. The maximum atomic E-state index is 12.7. The highest BCUT2D eigenvalue weighted by Crippen LogP contribution is 2.27. The monoisotopic (exact) mass is 484 g/mol. The molecule has 3 aromatic rings. The summed E-state index contributed by atoms with van der Waals surface area (Å²) in [5, 5.41) is 9.08. The molecule has 3 heterocycles. The summed E-state index contributed by atoms with van der Waals surface area (Å²) in [4.78, 5) is 19.4. The number of carbonyl (C=O) groups excluding carboxylic acids is 1. The summed E-state index contributed by atoms with van der Waals surface area (Å²) in [6.45, 7) is 6.40. The van der Waals surface area contributed by atoms with Crippen LogP contribution in [0.5, 0.6) is 0 Å². The van der Waals surface area contributed by atoms with Gasteiger partial charge in [-0.1, -0.05) is 24.3 Å². The van der Waals surface area contributed by atoms with E-state index in [1.54, 1.807) is 6.07 Å². The molecule has 1 amide bonds. The fraction of sp³-hybridized carbons (Fsp3) is 0.379. The lowest BCUT2D eigenvalue weighted by Gasteiger charge is -2.36. The first-order valence-electron chi connectivity index (χ1n) is 12.7. The molecule has 2 aliphatic heterocycles. The van der Waals surface area contributed by atoms with E-state index >= 15 is 0 Å². The predicted octanol–water partition coefficient (Wildman–Crippen LogP) is 4.47.